The second kappa shape index (κ2) is 4.71. The average Bonchev–Trinajstić information content (AvgIpc) is 2.70. The Morgan fingerprint density at radius 1 is 1.36 bits per heavy atom. The van der Waals surface area contributed by atoms with Gasteiger partial charge in [0.15, 0.2) is 0 Å². The Kier molecular flexibility index (Phi) is 3.32. The van der Waals surface area contributed by atoms with Crippen LogP contribution in [0.3, 0.4) is 0 Å². The second-order valence-corrected chi connectivity index (χ2v) is 4.53. The molecule has 1 aliphatic heterocycles. The quantitative estimate of drug-likeness (QED) is 0.778. The van der Waals surface area contributed by atoms with Crippen LogP contribution in [0.15, 0.2) is 29.2 Å². The van der Waals surface area contributed by atoms with Crippen LogP contribution in [0, 0.1) is 0 Å². The molecule has 0 aliphatic carbocycles. The third-order valence-corrected chi connectivity index (χ3v) is 3.44. The van der Waals surface area contributed by atoms with Crippen LogP contribution in [0.2, 0.25) is 0 Å². The van der Waals surface area contributed by atoms with Crippen LogP contribution in [-0.4, -0.2) is 23.6 Å². The first kappa shape index (κ1) is 9.87. The fraction of sp³-hybridized carbons (Fsp3) is 0.455. The predicted molar refractivity (Wildman–Crippen MR) is 57.8 cm³/mol. The lowest BCUT2D eigenvalue weighted by molar-refractivity contribution is 0.129. The van der Waals surface area contributed by atoms with Crippen LogP contribution in [0.5, 0.6) is 5.75 Å². The van der Waals surface area contributed by atoms with Crippen LogP contribution in [-0.2, 0) is 4.74 Å². The molecule has 1 N–H and O–H groups in total. The fourth-order valence-electron chi connectivity index (χ4n) is 1.51. The molecule has 1 aromatic rings. The van der Waals surface area contributed by atoms with Crippen molar-refractivity contribution in [1.29, 1.82) is 0 Å². The van der Waals surface area contributed by atoms with Gasteiger partial charge in [0.1, 0.15) is 5.75 Å². The minimum atomic E-state index is 0.325. The van der Waals surface area contributed by atoms with Crippen LogP contribution >= 0.6 is 11.8 Å². The van der Waals surface area contributed by atoms with E-state index in [9.17, 15) is 0 Å². The minimum Gasteiger partial charge on any atom is -0.508 e. The second-order valence-electron chi connectivity index (χ2n) is 3.44. The van der Waals surface area contributed by atoms with E-state index in [1.807, 2.05) is 12.1 Å². The number of hydrogen-bond acceptors (Lipinski definition) is 3. The van der Waals surface area contributed by atoms with Gasteiger partial charge in [-0.3, -0.25) is 0 Å². The molecule has 2 nitrogen and oxygen atoms in total. The summed E-state index contributed by atoms with van der Waals surface area (Å²) >= 11 is 1.79. The van der Waals surface area contributed by atoms with Crippen molar-refractivity contribution in [2.45, 2.75) is 23.8 Å². The Balaban J connectivity index is 1.82. The number of phenolic OH excluding ortho intramolecular Hbond substituents is 1. The van der Waals surface area contributed by atoms with E-state index in [-0.39, 0.29) is 0 Å². The van der Waals surface area contributed by atoms with Gasteiger partial charge in [-0.25, -0.2) is 0 Å². The van der Waals surface area contributed by atoms with E-state index in [1.165, 1.54) is 17.7 Å². The molecule has 0 saturated carbocycles. The number of phenols is 1. The molecule has 1 aromatic carbocycles. The van der Waals surface area contributed by atoms with Gasteiger partial charge in [0.2, 0.25) is 0 Å². The summed E-state index contributed by atoms with van der Waals surface area (Å²) in [6.07, 6.45) is 2.81. The highest BCUT2D eigenvalue weighted by atomic mass is 32.2. The van der Waals surface area contributed by atoms with Gasteiger partial charge in [-0.1, -0.05) is 0 Å². The number of rotatable bonds is 3. The predicted octanol–water partition coefficient (Wildman–Crippen LogP) is 2.66. The normalized spacial score (nSPS) is 21.3. The Labute approximate surface area is 88.3 Å². The zero-order chi connectivity index (χ0) is 9.80. The summed E-state index contributed by atoms with van der Waals surface area (Å²) in [5.74, 6) is 1.34. The zero-order valence-corrected chi connectivity index (χ0v) is 8.80. The van der Waals surface area contributed by atoms with Crippen molar-refractivity contribution in [3.8, 4) is 5.75 Å². The maximum absolute atomic E-state index is 9.10. The average molecular weight is 210 g/mol. The van der Waals surface area contributed by atoms with Crippen molar-refractivity contribution in [1.82, 2.24) is 0 Å². The van der Waals surface area contributed by atoms with Gasteiger partial charge >= 0.3 is 0 Å². The molecule has 0 bridgehead atoms. The molecule has 1 fully saturated rings. The van der Waals surface area contributed by atoms with Crippen LogP contribution in [0.4, 0.5) is 0 Å². The number of ether oxygens (including phenoxy) is 1. The van der Waals surface area contributed by atoms with Crippen molar-refractivity contribution < 1.29 is 9.84 Å². The number of benzene rings is 1. The Bertz CT molecular complexity index is 278. The van der Waals surface area contributed by atoms with Gasteiger partial charge in [-0.05, 0) is 37.1 Å². The summed E-state index contributed by atoms with van der Waals surface area (Å²) in [6.45, 7) is 0.917. The Morgan fingerprint density at radius 2 is 2.14 bits per heavy atom. The molecule has 0 aromatic heterocycles. The van der Waals surface area contributed by atoms with Gasteiger partial charge in [-0.15, -0.1) is 11.8 Å². The van der Waals surface area contributed by atoms with Crippen molar-refractivity contribution in [2.75, 3.05) is 12.4 Å². The first-order valence-corrected chi connectivity index (χ1v) is 5.86. The highest BCUT2D eigenvalue weighted by Crippen LogP contribution is 2.24. The number of aromatic hydroxyl groups is 1. The maximum atomic E-state index is 9.10. The molecule has 0 amide bonds. The minimum absolute atomic E-state index is 0.325. The summed E-state index contributed by atoms with van der Waals surface area (Å²) in [4.78, 5) is 1.19. The van der Waals surface area contributed by atoms with Crippen molar-refractivity contribution in [2.24, 2.45) is 0 Å². The molecule has 1 saturated heterocycles. The molecule has 0 radical (unpaired) electrons. The van der Waals surface area contributed by atoms with Gasteiger partial charge in [0.25, 0.3) is 0 Å². The maximum Gasteiger partial charge on any atom is 0.115 e. The van der Waals surface area contributed by atoms with Crippen LogP contribution in [0.1, 0.15) is 12.8 Å². The lowest BCUT2D eigenvalue weighted by atomic mass is 10.3. The van der Waals surface area contributed by atoms with E-state index in [0.29, 0.717) is 11.9 Å². The molecule has 0 spiro atoms. The Hall–Kier alpha value is -0.670. The molecular weight excluding hydrogens is 196 g/mol. The standard InChI is InChI=1S/C11H14O2S/c12-9-3-5-11(6-4-9)14-8-10-2-1-7-13-10/h3-6,10,12H,1-2,7-8H2. The van der Waals surface area contributed by atoms with E-state index in [0.717, 1.165) is 12.4 Å². The van der Waals surface area contributed by atoms with Gasteiger partial charge in [-0.2, -0.15) is 0 Å². The zero-order valence-electron chi connectivity index (χ0n) is 7.98. The molecule has 3 heteroatoms. The van der Waals surface area contributed by atoms with Gasteiger partial charge in [0, 0.05) is 17.3 Å². The molecule has 1 aliphatic rings. The first-order chi connectivity index (χ1) is 6.84. The SMILES string of the molecule is Oc1ccc(SCC2CCCO2)cc1. The monoisotopic (exact) mass is 210 g/mol. The van der Waals surface area contributed by atoms with E-state index >= 15 is 0 Å². The van der Waals surface area contributed by atoms with Crippen LogP contribution in [0.25, 0.3) is 0 Å². The molecule has 1 heterocycles. The van der Waals surface area contributed by atoms with Crippen molar-refractivity contribution >= 4 is 11.8 Å². The lowest BCUT2D eigenvalue weighted by Gasteiger charge is -2.08. The number of thioether (sulfide) groups is 1. The van der Waals surface area contributed by atoms with Crippen molar-refractivity contribution in [3.63, 3.8) is 0 Å². The topological polar surface area (TPSA) is 29.5 Å². The molecule has 1 unspecified atom stereocenters. The largest absolute Gasteiger partial charge is 0.508 e. The third-order valence-electron chi connectivity index (χ3n) is 2.30. The highest BCUT2D eigenvalue weighted by molar-refractivity contribution is 7.99. The smallest absolute Gasteiger partial charge is 0.115 e. The summed E-state index contributed by atoms with van der Waals surface area (Å²) in [5.41, 5.74) is 0. The van der Waals surface area contributed by atoms with E-state index < -0.39 is 0 Å². The molecule has 2 rings (SSSR count). The third kappa shape index (κ3) is 2.66. The highest BCUT2D eigenvalue weighted by Gasteiger charge is 2.15. The van der Waals surface area contributed by atoms with E-state index in [1.54, 1.807) is 23.9 Å². The first-order valence-electron chi connectivity index (χ1n) is 4.88. The summed E-state index contributed by atoms with van der Waals surface area (Å²) in [6, 6.07) is 7.32. The van der Waals surface area contributed by atoms with E-state index in [2.05, 4.69) is 0 Å². The fourth-order valence-corrected chi connectivity index (χ4v) is 2.48. The molecule has 14 heavy (non-hydrogen) atoms. The van der Waals surface area contributed by atoms with Crippen LogP contribution < -0.4 is 0 Å². The number of hydrogen-bond donors (Lipinski definition) is 1. The molecular formula is C11H14O2S. The van der Waals surface area contributed by atoms with Gasteiger partial charge in [0.05, 0.1) is 6.10 Å². The molecule has 1 atom stereocenters. The summed E-state index contributed by atoms with van der Waals surface area (Å²) in [7, 11) is 0. The Morgan fingerprint density at radius 3 is 2.79 bits per heavy atom. The lowest BCUT2D eigenvalue weighted by Crippen LogP contribution is -2.07. The molecule has 76 valence electrons. The summed E-state index contributed by atoms with van der Waals surface area (Å²) in [5, 5.41) is 9.10. The van der Waals surface area contributed by atoms with Gasteiger partial charge < -0.3 is 9.84 Å². The summed E-state index contributed by atoms with van der Waals surface area (Å²) < 4.78 is 5.53. The van der Waals surface area contributed by atoms with E-state index in [4.69, 9.17) is 9.84 Å². The van der Waals surface area contributed by atoms with Crippen molar-refractivity contribution in [3.05, 3.63) is 24.3 Å².